The van der Waals surface area contributed by atoms with E-state index in [1.807, 2.05) is 52.0 Å². The van der Waals surface area contributed by atoms with E-state index in [1.54, 1.807) is 20.2 Å². The Bertz CT molecular complexity index is 813. The summed E-state index contributed by atoms with van der Waals surface area (Å²) < 4.78 is 0. The van der Waals surface area contributed by atoms with Crippen molar-refractivity contribution in [1.82, 2.24) is 0 Å². The van der Waals surface area contributed by atoms with Crippen molar-refractivity contribution in [1.29, 1.82) is 5.26 Å². The van der Waals surface area contributed by atoms with Gasteiger partial charge in [-0.2, -0.15) is 5.26 Å². The third kappa shape index (κ3) is 5.97. The normalized spacial score (nSPS) is 15.3. The number of carbonyl (C=O) groups excluding carboxylic acids is 1. The number of hydrogen-bond acceptors (Lipinski definition) is 5. The monoisotopic (exact) mass is 381 g/mol. The summed E-state index contributed by atoms with van der Waals surface area (Å²) in [4.78, 5) is 21.4. The van der Waals surface area contributed by atoms with Crippen LogP contribution in [0.2, 0.25) is 0 Å². The Morgan fingerprint density at radius 3 is 2.46 bits per heavy atom. The fraction of sp³-hybridized carbons (Fsp3) is 0.478. The van der Waals surface area contributed by atoms with Gasteiger partial charge >= 0.3 is 0 Å². The molecule has 0 heterocycles. The highest BCUT2D eigenvalue weighted by Crippen LogP contribution is 2.29. The molecule has 0 aromatic heterocycles. The first-order valence-electron chi connectivity index (χ1n) is 9.66. The summed E-state index contributed by atoms with van der Waals surface area (Å²) >= 11 is 0. The molecule has 0 saturated carbocycles. The van der Waals surface area contributed by atoms with Crippen LogP contribution in [0.5, 0.6) is 0 Å². The first-order valence-corrected chi connectivity index (χ1v) is 9.66. The van der Waals surface area contributed by atoms with Gasteiger partial charge in [-0.1, -0.05) is 45.9 Å². The Hall–Kier alpha value is -2.58. The lowest BCUT2D eigenvalue weighted by Crippen LogP contribution is -2.22. The summed E-state index contributed by atoms with van der Waals surface area (Å²) in [6.07, 6.45) is 2.41. The molecule has 150 valence electrons. The number of allylic oxidation sites excluding steroid dienone is 1. The molecule has 0 amide bonds. The number of Topliss-reactive ketones (excluding diaryl/α,β-unsaturated/α-hetero) is 1. The summed E-state index contributed by atoms with van der Waals surface area (Å²) in [7, 11) is 1.63. The fourth-order valence-corrected chi connectivity index (χ4v) is 3.09. The first kappa shape index (κ1) is 23.5. The van der Waals surface area contributed by atoms with Crippen LogP contribution in [0.3, 0.4) is 0 Å². The van der Waals surface area contributed by atoms with Crippen molar-refractivity contribution in [2.75, 3.05) is 7.05 Å². The van der Waals surface area contributed by atoms with Gasteiger partial charge in [-0.25, -0.2) is 0 Å². The van der Waals surface area contributed by atoms with Gasteiger partial charge in [0.25, 0.3) is 0 Å². The smallest absolute Gasteiger partial charge is 0.158 e. The van der Waals surface area contributed by atoms with Crippen LogP contribution < -0.4 is 0 Å². The van der Waals surface area contributed by atoms with Gasteiger partial charge in [0.2, 0.25) is 0 Å². The molecule has 0 saturated heterocycles. The lowest BCUT2D eigenvalue weighted by Gasteiger charge is -2.19. The van der Waals surface area contributed by atoms with Crippen molar-refractivity contribution in [3.63, 3.8) is 0 Å². The molecule has 1 N–H and O–H groups in total. The number of nitrogens with zero attached hydrogens (tertiary/aromatic N) is 3. The second kappa shape index (κ2) is 11.3. The van der Waals surface area contributed by atoms with Gasteiger partial charge in [-0.3, -0.25) is 14.8 Å². The highest BCUT2D eigenvalue weighted by Gasteiger charge is 2.23. The molecule has 5 heteroatoms. The maximum atomic E-state index is 12.5. The molecule has 0 radical (unpaired) electrons. The van der Waals surface area contributed by atoms with Crippen LogP contribution in [-0.2, 0) is 11.4 Å². The summed E-state index contributed by atoms with van der Waals surface area (Å²) in [5.41, 5.74) is 3.38. The summed E-state index contributed by atoms with van der Waals surface area (Å²) in [6.45, 7) is 9.43. The van der Waals surface area contributed by atoms with Crippen LogP contribution in [0, 0.1) is 29.1 Å². The number of nitriles is 1. The summed E-state index contributed by atoms with van der Waals surface area (Å²) in [5, 5.41) is 19.2. The molecule has 0 aliphatic rings. The third-order valence-corrected chi connectivity index (χ3v) is 4.71. The molecule has 0 fully saturated rings. The Labute approximate surface area is 168 Å². The number of benzene rings is 1. The maximum absolute atomic E-state index is 12.5. The van der Waals surface area contributed by atoms with E-state index in [4.69, 9.17) is 4.99 Å². The molecule has 0 bridgehead atoms. The number of aliphatic imine (C=N–C) groups is 2. The van der Waals surface area contributed by atoms with Gasteiger partial charge in [-0.05, 0) is 36.8 Å². The number of rotatable bonds is 9. The van der Waals surface area contributed by atoms with Gasteiger partial charge in [0.15, 0.2) is 5.78 Å². The standard InChI is InChI=1S/C23H31N3O2/c1-7-16(4)22(20(12-24)13-25-6)26-23(21(15(2)3)17(5)28)19-10-8-9-18(11-19)14-27/h8-11,13,15-16,20,27H,7,14H2,1-6H3/b23-21-,25-13?,26-22?. The van der Waals surface area contributed by atoms with Gasteiger partial charge in [0.05, 0.1) is 18.4 Å². The van der Waals surface area contributed by atoms with E-state index in [0.29, 0.717) is 17.0 Å². The SMILES string of the molecule is CCC(C)C(=N/C(=C(\C(C)=O)C(C)C)c1cccc(CO)c1)C(C#N)C=NC. The van der Waals surface area contributed by atoms with Crippen LogP contribution in [0.1, 0.15) is 52.2 Å². The van der Waals surface area contributed by atoms with Crippen molar-refractivity contribution >= 4 is 23.4 Å². The minimum Gasteiger partial charge on any atom is -0.392 e. The maximum Gasteiger partial charge on any atom is 0.158 e. The minimum atomic E-state index is -0.559. The molecule has 0 spiro atoms. The molecule has 28 heavy (non-hydrogen) atoms. The zero-order valence-corrected chi connectivity index (χ0v) is 17.7. The number of hydrogen-bond donors (Lipinski definition) is 1. The van der Waals surface area contributed by atoms with Crippen LogP contribution in [0.4, 0.5) is 0 Å². The van der Waals surface area contributed by atoms with Crippen LogP contribution in [0.25, 0.3) is 5.70 Å². The van der Waals surface area contributed by atoms with E-state index in [0.717, 1.165) is 17.5 Å². The molecule has 1 rings (SSSR count). The molecule has 1 aromatic rings. The van der Waals surface area contributed by atoms with E-state index in [2.05, 4.69) is 11.1 Å². The fourth-order valence-electron chi connectivity index (χ4n) is 3.09. The van der Waals surface area contributed by atoms with E-state index in [1.165, 1.54) is 0 Å². The van der Waals surface area contributed by atoms with Crippen LogP contribution >= 0.6 is 0 Å². The Balaban J connectivity index is 3.87. The van der Waals surface area contributed by atoms with Crippen LogP contribution in [0.15, 0.2) is 39.8 Å². The Morgan fingerprint density at radius 2 is 2.00 bits per heavy atom. The van der Waals surface area contributed by atoms with E-state index >= 15 is 0 Å². The van der Waals surface area contributed by atoms with Crippen molar-refractivity contribution in [3.8, 4) is 6.07 Å². The predicted octanol–water partition coefficient (Wildman–Crippen LogP) is 4.46. The topological polar surface area (TPSA) is 85.8 Å². The molecule has 0 aliphatic heterocycles. The lowest BCUT2D eigenvalue weighted by atomic mass is 9.90. The molecular weight excluding hydrogens is 350 g/mol. The van der Waals surface area contributed by atoms with Crippen molar-refractivity contribution < 1.29 is 9.90 Å². The number of aliphatic hydroxyl groups is 1. The number of ketones is 1. The predicted molar refractivity (Wildman–Crippen MR) is 115 cm³/mol. The summed E-state index contributed by atoms with van der Waals surface area (Å²) in [5.74, 6) is -0.590. The highest BCUT2D eigenvalue weighted by molar-refractivity contribution is 6.08. The molecule has 5 nitrogen and oxygen atoms in total. The van der Waals surface area contributed by atoms with Gasteiger partial charge in [0, 0.05) is 30.1 Å². The van der Waals surface area contributed by atoms with Crippen LogP contribution in [-0.4, -0.2) is 29.9 Å². The second-order valence-electron chi connectivity index (χ2n) is 7.19. The van der Waals surface area contributed by atoms with E-state index < -0.39 is 5.92 Å². The lowest BCUT2D eigenvalue weighted by molar-refractivity contribution is -0.113. The van der Waals surface area contributed by atoms with Crippen molar-refractivity contribution in [2.24, 2.45) is 27.7 Å². The van der Waals surface area contributed by atoms with Crippen molar-refractivity contribution in [3.05, 3.63) is 41.0 Å². The van der Waals surface area contributed by atoms with E-state index in [9.17, 15) is 15.2 Å². The molecule has 2 unspecified atom stereocenters. The molecular formula is C23H31N3O2. The third-order valence-electron chi connectivity index (χ3n) is 4.71. The number of aliphatic hydroxyl groups excluding tert-OH is 1. The highest BCUT2D eigenvalue weighted by atomic mass is 16.3. The largest absolute Gasteiger partial charge is 0.392 e. The first-order chi connectivity index (χ1) is 13.3. The van der Waals surface area contributed by atoms with Gasteiger partial charge < -0.3 is 5.11 Å². The van der Waals surface area contributed by atoms with Gasteiger partial charge in [-0.15, -0.1) is 0 Å². The minimum absolute atomic E-state index is 0.0346. The average Bonchev–Trinajstić information content (AvgIpc) is 2.68. The number of carbonyl (C=O) groups is 1. The van der Waals surface area contributed by atoms with Gasteiger partial charge in [0.1, 0.15) is 5.92 Å². The summed E-state index contributed by atoms with van der Waals surface area (Å²) in [6, 6.07) is 9.65. The van der Waals surface area contributed by atoms with Crippen molar-refractivity contribution in [2.45, 2.75) is 47.6 Å². The second-order valence-corrected chi connectivity index (χ2v) is 7.19. The average molecular weight is 382 g/mol. The van der Waals surface area contributed by atoms with E-state index in [-0.39, 0.29) is 24.2 Å². The Kier molecular flexibility index (Phi) is 9.47. The molecule has 1 aromatic carbocycles. The Morgan fingerprint density at radius 1 is 1.32 bits per heavy atom. The molecule has 2 atom stereocenters. The zero-order chi connectivity index (χ0) is 21.3. The quantitative estimate of drug-likeness (QED) is 0.506. The molecule has 0 aliphatic carbocycles. The zero-order valence-electron chi connectivity index (χ0n) is 17.7.